The molecule has 104 valence electrons. The highest BCUT2D eigenvalue weighted by atomic mass is 32.1. The summed E-state index contributed by atoms with van der Waals surface area (Å²) < 4.78 is 0. The van der Waals surface area contributed by atoms with Crippen LogP contribution in [0.2, 0.25) is 0 Å². The van der Waals surface area contributed by atoms with E-state index in [1.807, 2.05) is 0 Å². The van der Waals surface area contributed by atoms with Crippen LogP contribution in [0.1, 0.15) is 16.9 Å². The Labute approximate surface area is 117 Å². The van der Waals surface area contributed by atoms with E-state index in [4.69, 9.17) is 0 Å². The van der Waals surface area contributed by atoms with E-state index in [2.05, 4.69) is 27.0 Å². The molecular weight excluding hydrogens is 262 g/mol. The maximum Gasteiger partial charge on any atom is 0.234 e. The van der Waals surface area contributed by atoms with Crippen molar-refractivity contribution in [2.24, 2.45) is 0 Å². The fraction of sp³-hybridized carbons (Fsp3) is 0.538. The van der Waals surface area contributed by atoms with Gasteiger partial charge in [-0.1, -0.05) is 0 Å². The maximum atomic E-state index is 11.7. The van der Waals surface area contributed by atoms with Crippen LogP contribution < -0.4 is 10.6 Å². The maximum absolute atomic E-state index is 11.7. The zero-order valence-electron chi connectivity index (χ0n) is 11.1. The number of hydrogen-bond donors (Lipinski definition) is 2. The van der Waals surface area contributed by atoms with Crippen LogP contribution >= 0.6 is 11.3 Å². The van der Waals surface area contributed by atoms with Gasteiger partial charge in [-0.05, 0) is 23.4 Å². The van der Waals surface area contributed by atoms with Gasteiger partial charge in [0.05, 0.1) is 6.54 Å². The molecule has 2 rings (SSSR count). The molecule has 19 heavy (non-hydrogen) atoms. The number of nitrogens with one attached hydrogen (secondary N) is 2. The van der Waals surface area contributed by atoms with Crippen LogP contribution in [-0.4, -0.2) is 43.4 Å². The monoisotopic (exact) mass is 281 g/mol. The van der Waals surface area contributed by atoms with Crippen molar-refractivity contribution in [2.45, 2.75) is 19.4 Å². The minimum atomic E-state index is -0.0545. The highest BCUT2D eigenvalue weighted by Crippen LogP contribution is 2.23. The Morgan fingerprint density at radius 3 is 3.05 bits per heavy atom. The first-order chi connectivity index (χ1) is 9.19. The predicted molar refractivity (Wildman–Crippen MR) is 75.0 cm³/mol. The second-order valence-electron chi connectivity index (χ2n) is 4.60. The van der Waals surface area contributed by atoms with Crippen molar-refractivity contribution in [3.63, 3.8) is 0 Å². The van der Waals surface area contributed by atoms with Gasteiger partial charge in [-0.15, -0.1) is 11.3 Å². The molecule has 1 aromatic heterocycles. The predicted octanol–water partition coefficient (Wildman–Crippen LogP) is 0.358. The number of rotatable bonds is 5. The van der Waals surface area contributed by atoms with E-state index in [-0.39, 0.29) is 11.8 Å². The Hall–Kier alpha value is -1.40. The smallest absolute Gasteiger partial charge is 0.234 e. The second-order valence-corrected chi connectivity index (χ2v) is 5.60. The minimum absolute atomic E-state index is 0.0115. The fourth-order valence-corrected chi connectivity index (χ4v) is 3.03. The minimum Gasteiger partial charge on any atom is -0.359 e. The summed E-state index contributed by atoms with van der Waals surface area (Å²) in [4.78, 5) is 26.4. The average molecular weight is 281 g/mol. The van der Waals surface area contributed by atoms with Gasteiger partial charge >= 0.3 is 0 Å². The van der Waals surface area contributed by atoms with Crippen molar-refractivity contribution in [3.05, 3.63) is 21.9 Å². The van der Waals surface area contributed by atoms with Gasteiger partial charge in [0.1, 0.15) is 0 Å². The Balaban J connectivity index is 1.70. The molecule has 1 aromatic rings. The molecule has 2 amide bonds. The van der Waals surface area contributed by atoms with Gasteiger partial charge in [0.25, 0.3) is 0 Å². The number of thiophene rings is 1. The SMILES string of the molecule is CNC(=O)CCNC(=O)CN1CCc2sccc2C1. The molecule has 0 atom stereocenters. The van der Waals surface area contributed by atoms with Crippen molar-refractivity contribution in [3.8, 4) is 0 Å². The third-order valence-corrected chi connectivity index (χ3v) is 4.23. The summed E-state index contributed by atoms with van der Waals surface area (Å²) in [5.41, 5.74) is 1.34. The Bertz CT molecular complexity index is 458. The van der Waals surface area contributed by atoms with Crippen molar-refractivity contribution in [1.82, 2.24) is 15.5 Å². The molecule has 0 saturated carbocycles. The Morgan fingerprint density at radius 2 is 2.26 bits per heavy atom. The number of amides is 2. The first-order valence-corrected chi connectivity index (χ1v) is 7.32. The van der Waals surface area contributed by atoms with E-state index in [9.17, 15) is 9.59 Å². The van der Waals surface area contributed by atoms with Crippen LogP contribution in [0.25, 0.3) is 0 Å². The zero-order chi connectivity index (χ0) is 13.7. The molecule has 1 aliphatic rings. The first kappa shape index (κ1) is 14.0. The Morgan fingerprint density at radius 1 is 1.42 bits per heavy atom. The summed E-state index contributed by atoms with van der Waals surface area (Å²) in [6.07, 6.45) is 1.36. The number of hydrogen-bond acceptors (Lipinski definition) is 4. The van der Waals surface area contributed by atoms with E-state index >= 15 is 0 Å². The molecule has 0 radical (unpaired) electrons. The first-order valence-electron chi connectivity index (χ1n) is 6.44. The zero-order valence-corrected chi connectivity index (χ0v) is 11.9. The van der Waals surface area contributed by atoms with Gasteiger partial charge in [-0.25, -0.2) is 0 Å². The van der Waals surface area contributed by atoms with Crippen LogP contribution in [0, 0.1) is 0 Å². The van der Waals surface area contributed by atoms with Crippen LogP contribution in [0.5, 0.6) is 0 Å². The van der Waals surface area contributed by atoms with Crippen molar-refractivity contribution in [1.29, 1.82) is 0 Å². The van der Waals surface area contributed by atoms with Crippen LogP contribution in [-0.2, 0) is 22.6 Å². The molecule has 2 N–H and O–H groups in total. The number of nitrogens with zero attached hydrogens (tertiary/aromatic N) is 1. The molecule has 0 spiro atoms. The number of carbonyl (C=O) groups is 2. The van der Waals surface area contributed by atoms with Crippen molar-refractivity contribution < 1.29 is 9.59 Å². The molecule has 0 bridgehead atoms. The summed E-state index contributed by atoms with van der Waals surface area (Å²) in [6, 6.07) is 2.13. The summed E-state index contributed by atoms with van der Waals surface area (Å²) >= 11 is 1.79. The lowest BCUT2D eigenvalue weighted by molar-refractivity contribution is -0.123. The van der Waals surface area contributed by atoms with Gasteiger partial charge in [-0.3, -0.25) is 14.5 Å². The number of carbonyl (C=O) groups excluding carboxylic acids is 2. The van der Waals surface area contributed by atoms with Crippen LogP contribution in [0.15, 0.2) is 11.4 Å². The highest BCUT2D eigenvalue weighted by Gasteiger charge is 2.18. The molecule has 6 heteroatoms. The summed E-state index contributed by atoms with van der Waals surface area (Å²) in [5.74, 6) is -0.0660. The van der Waals surface area contributed by atoms with E-state index in [0.29, 0.717) is 19.5 Å². The van der Waals surface area contributed by atoms with E-state index in [0.717, 1.165) is 19.5 Å². The lowest BCUT2D eigenvalue weighted by Crippen LogP contribution is -2.40. The van der Waals surface area contributed by atoms with E-state index < -0.39 is 0 Å². The molecule has 0 aromatic carbocycles. The third kappa shape index (κ3) is 4.04. The average Bonchev–Trinajstić information content (AvgIpc) is 2.85. The van der Waals surface area contributed by atoms with Crippen LogP contribution in [0.3, 0.4) is 0 Å². The highest BCUT2D eigenvalue weighted by molar-refractivity contribution is 7.10. The molecule has 2 heterocycles. The molecule has 5 nitrogen and oxygen atoms in total. The van der Waals surface area contributed by atoms with Gasteiger partial charge in [-0.2, -0.15) is 0 Å². The number of fused-ring (bicyclic) bond motifs is 1. The van der Waals surface area contributed by atoms with Gasteiger partial charge in [0, 0.05) is 38.0 Å². The van der Waals surface area contributed by atoms with Crippen molar-refractivity contribution in [2.75, 3.05) is 26.7 Å². The van der Waals surface area contributed by atoms with Crippen LogP contribution in [0.4, 0.5) is 0 Å². The molecule has 1 aliphatic heterocycles. The normalized spacial score (nSPS) is 14.8. The lowest BCUT2D eigenvalue weighted by Gasteiger charge is -2.26. The molecule has 0 fully saturated rings. The summed E-state index contributed by atoms with van der Waals surface area (Å²) in [5, 5.41) is 7.41. The topological polar surface area (TPSA) is 61.4 Å². The van der Waals surface area contributed by atoms with Gasteiger partial charge < -0.3 is 10.6 Å². The molecular formula is C13H19N3O2S. The van der Waals surface area contributed by atoms with E-state index in [1.54, 1.807) is 18.4 Å². The van der Waals surface area contributed by atoms with Gasteiger partial charge in [0.2, 0.25) is 11.8 Å². The van der Waals surface area contributed by atoms with E-state index in [1.165, 1.54) is 10.4 Å². The van der Waals surface area contributed by atoms with Crippen molar-refractivity contribution >= 4 is 23.2 Å². The molecule has 0 saturated heterocycles. The Kier molecular flexibility index (Phi) is 4.93. The standard InChI is InChI=1S/C13H19N3O2S/c1-14-12(17)2-5-15-13(18)9-16-6-3-11-10(8-16)4-7-19-11/h4,7H,2-3,5-6,8-9H2,1H3,(H,14,17)(H,15,18). The van der Waals surface area contributed by atoms with Gasteiger partial charge in [0.15, 0.2) is 0 Å². The quantitative estimate of drug-likeness (QED) is 0.819. The summed E-state index contributed by atoms with van der Waals surface area (Å²) in [6.45, 7) is 2.58. The summed E-state index contributed by atoms with van der Waals surface area (Å²) in [7, 11) is 1.59. The second kappa shape index (κ2) is 6.68. The molecule has 0 unspecified atom stereocenters. The largest absolute Gasteiger partial charge is 0.359 e. The molecule has 0 aliphatic carbocycles. The third-order valence-electron chi connectivity index (χ3n) is 3.21. The lowest BCUT2D eigenvalue weighted by atomic mass is 10.1. The fourth-order valence-electron chi connectivity index (χ4n) is 2.14.